The van der Waals surface area contributed by atoms with Crippen LogP contribution in [0, 0.1) is 0 Å². The number of benzene rings is 1. The molecule has 0 bridgehead atoms. The van der Waals surface area contributed by atoms with Gasteiger partial charge in [-0.15, -0.1) is 24.0 Å². The minimum absolute atomic E-state index is 0. The third-order valence-electron chi connectivity index (χ3n) is 4.85. The summed E-state index contributed by atoms with van der Waals surface area (Å²) < 4.78 is 28.7. The predicted octanol–water partition coefficient (Wildman–Crippen LogP) is 3.89. The Bertz CT molecular complexity index is 717. The molecule has 8 heteroatoms. The SMILES string of the molecule is CCNC(=NCc1ccc(OC2CCCCC2)cc1)NC(C)CCS(C)(=O)=O.I. The van der Waals surface area contributed by atoms with Gasteiger partial charge in [0.2, 0.25) is 0 Å². The number of sulfone groups is 1. The van der Waals surface area contributed by atoms with E-state index in [4.69, 9.17) is 4.74 Å². The van der Waals surface area contributed by atoms with E-state index in [1.807, 2.05) is 26.0 Å². The van der Waals surface area contributed by atoms with Crippen LogP contribution in [-0.2, 0) is 16.4 Å². The van der Waals surface area contributed by atoms with Gasteiger partial charge in [0.25, 0.3) is 0 Å². The molecule has 1 aromatic rings. The van der Waals surface area contributed by atoms with Crippen LogP contribution < -0.4 is 15.4 Å². The van der Waals surface area contributed by atoms with E-state index in [-0.39, 0.29) is 35.8 Å². The van der Waals surface area contributed by atoms with Crippen molar-refractivity contribution in [1.29, 1.82) is 0 Å². The van der Waals surface area contributed by atoms with Gasteiger partial charge in [-0.05, 0) is 63.6 Å². The largest absolute Gasteiger partial charge is 0.490 e. The highest BCUT2D eigenvalue weighted by atomic mass is 127. The maximum atomic E-state index is 11.3. The Kier molecular flexibility index (Phi) is 11.9. The van der Waals surface area contributed by atoms with Crippen molar-refractivity contribution in [2.45, 2.75) is 71.1 Å². The molecule has 2 N–H and O–H groups in total. The molecular formula is C21H36IN3O3S. The van der Waals surface area contributed by atoms with Crippen molar-refractivity contribution in [3.8, 4) is 5.75 Å². The summed E-state index contributed by atoms with van der Waals surface area (Å²) in [4.78, 5) is 4.62. The van der Waals surface area contributed by atoms with Crippen molar-refractivity contribution in [3.63, 3.8) is 0 Å². The lowest BCUT2D eigenvalue weighted by atomic mass is 9.98. The van der Waals surface area contributed by atoms with Crippen molar-refractivity contribution < 1.29 is 13.2 Å². The third-order valence-corrected chi connectivity index (χ3v) is 5.82. The molecule has 1 atom stereocenters. The maximum Gasteiger partial charge on any atom is 0.191 e. The maximum absolute atomic E-state index is 11.3. The Morgan fingerprint density at radius 3 is 2.45 bits per heavy atom. The molecule has 1 unspecified atom stereocenters. The molecule has 0 aromatic heterocycles. The fourth-order valence-corrected chi connectivity index (χ4v) is 4.02. The zero-order valence-electron chi connectivity index (χ0n) is 17.8. The highest BCUT2D eigenvalue weighted by Gasteiger charge is 2.14. The number of nitrogens with one attached hydrogen (secondary N) is 2. The number of nitrogens with zero attached hydrogens (tertiary/aromatic N) is 1. The molecule has 0 aliphatic heterocycles. The number of hydrogen-bond donors (Lipinski definition) is 2. The predicted molar refractivity (Wildman–Crippen MR) is 131 cm³/mol. The van der Waals surface area contributed by atoms with Crippen LogP contribution in [0.15, 0.2) is 29.3 Å². The second-order valence-electron chi connectivity index (χ2n) is 7.68. The van der Waals surface area contributed by atoms with E-state index in [2.05, 4.69) is 27.8 Å². The van der Waals surface area contributed by atoms with E-state index in [1.54, 1.807) is 0 Å². The summed E-state index contributed by atoms with van der Waals surface area (Å²) in [6.07, 6.45) is 8.34. The first-order valence-electron chi connectivity index (χ1n) is 10.3. The molecular weight excluding hydrogens is 501 g/mol. The summed E-state index contributed by atoms with van der Waals surface area (Å²) in [6.45, 7) is 5.28. The number of hydrogen-bond acceptors (Lipinski definition) is 4. The summed E-state index contributed by atoms with van der Waals surface area (Å²) in [5, 5.41) is 6.49. The highest BCUT2D eigenvalue weighted by Crippen LogP contribution is 2.23. The van der Waals surface area contributed by atoms with Crippen molar-refractivity contribution >= 4 is 39.8 Å². The molecule has 0 spiro atoms. The molecule has 1 saturated carbocycles. The van der Waals surface area contributed by atoms with Crippen LogP contribution in [0.2, 0.25) is 0 Å². The van der Waals surface area contributed by atoms with Crippen LogP contribution >= 0.6 is 24.0 Å². The number of aliphatic imine (C=N–C) groups is 1. The highest BCUT2D eigenvalue weighted by molar-refractivity contribution is 14.0. The number of rotatable bonds is 9. The van der Waals surface area contributed by atoms with Crippen molar-refractivity contribution in [2.24, 2.45) is 4.99 Å². The normalized spacial score (nSPS) is 16.6. The molecule has 29 heavy (non-hydrogen) atoms. The van der Waals surface area contributed by atoms with Crippen LogP contribution in [0.5, 0.6) is 5.75 Å². The Balaban J connectivity index is 0.00000420. The smallest absolute Gasteiger partial charge is 0.191 e. The van der Waals surface area contributed by atoms with Crippen LogP contribution in [0.3, 0.4) is 0 Å². The second kappa shape index (κ2) is 13.3. The minimum atomic E-state index is -2.95. The van der Waals surface area contributed by atoms with Crippen molar-refractivity contribution in [2.75, 3.05) is 18.6 Å². The van der Waals surface area contributed by atoms with Gasteiger partial charge in [0.05, 0.1) is 18.4 Å². The molecule has 1 fully saturated rings. The van der Waals surface area contributed by atoms with Crippen molar-refractivity contribution in [3.05, 3.63) is 29.8 Å². The third kappa shape index (κ3) is 11.1. The van der Waals surface area contributed by atoms with E-state index in [9.17, 15) is 8.42 Å². The first-order chi connectivity index (χ1) is 13.4. The van der Waals surface area contributed by atoms with E-state index in [0.717, 1.165) is 30.7 Å². The summed E-state index contributed by atoms with van der Waals surface area (Å²) in [6, 6.07) is 8.18. The minimum Gasteiger partial charge on any atom is -0.490 e. The van der Waals surface area contributed by atoms with Gasteiger partial charge in [-0.25, -0.2) is 13.4 Å². The zero-order valence-corrected chi connectivity index (χ0v) is 21.0. The fourth-order valence-electron chi connectivity index (χ4n) is 3.24. The Hall–Kier alpha value is -1.03. The van der Waals surface area contributed by atoms with Crippen LogP contribution in [0.1, 0.15) is 57.9 Å². The van der Waals surface area contributed by atoms with Gasteiger partial charge in [-0.1, -0.05) is 18.6 Å². The van der Waals surface area contributed by atoms with Crippen LogP contribution in [-0.4, -0.2) is 45.1 Å². The average Bonchev–Trinajstić information content (AvgIpc) is 2.66. The lowest BCUT2D eigenvalue weighted by molar-refractivity contribution is 0.155. The molecule has 0 radical (unpaired) electrons. The van der Waals surface area contributed by atoms with Gasteiger partial charge < -0.3 is 15.4 Å². The van der Waals surface area contributed by atoms with Crippen molar-refractivity contribution in [1.82, 2.24) is 10.6 Å². The number of halogens is 1. The van der Waals surface area contributed by atoms with E-state index >= 15 is 0 Å². The molecule has 2 rings (SSSR count). The average molecular weight is 538 g/mol. The van der Waals surface area contributed by atoms with Gasteiger partial charge in [-0.3, -0.25) is 0 Å². The molecule has 0 saturated heterocycles. The van der Waals surface area contributed by atoms with Gasteiger partial charge in [0.1, 0.15) is 15.6 Å². The van der Waals surface area contributed by atoms with Gasteiger partial charge in [-0.2, -0.15) is 0 Å². The van der Waals surface area contributed by atoms with Gasteiger partial charge in [0, 0.05) is 18.8 Å². The Morgan fingerprint density at radius 2 is 1.86 bits per heavy atom. The molecule has 0 heterocycles. The van der Waals surface area contributed by atoms with E-state index < -0.39 is 9.84 Å². The lowest BCUT2D eigenvalue weighted by Gasteiger charge is -2.23. The molecule has 0 amide bonds. The number of ether oxygens (including phenoxy) is 1. The van der Waals surface area contributed by atoms with E-state index in [1.165, 1.54) is 25.5 Å². The first-order valence-corrected chi connectivity index (χ1v) is 12.4. The second-order valence-corrected chi connectivity index (χ2v) is 9.94. The number of guanidine groups is 1. The van der Waals surface area contributed by atoms with E-state index in [0.29, 0.717) is 25.0 Å². The molecule has 6 nitrogen and oxygen atoms in total. The Labute approximate surface area is 193 Å². The summed E-state index contributed by atoms with van der Waals surface area (Å²) in [5.74, 6) is 1.80. The monoisotopic (exact) mass is 537 g/mol. The van der Waals surface area contributed by atoms with Gasteiger partial charge >= 0.3 is 0 Å². The van der Waals surface area contributed by atoms with Crippen LogP contribution in [0.25, 0.3) is 0 Å². The zero-order chi connectivity index (χ0) is 20.4. The summed E-state index contributed by atoms with van der Waals surface area (Å²) >= 11 is 0. The lowest BCUT2D eigenvalue weighted by Crippen LogP contribution is -2.42. The molecule has 166 valence electrons. The van der Waals surface area contributed by atoms with Crippen LogP contribution in [0.4, 0.5) is 0 Å². The summed E-state index contributed by atoms with van der Waals surface area (Å²) in [7, 11) is -2.95. The quantitative estimate of drug-likeness (QED) is 0.284. The van der Waals surface area contributed by atoms with Gasteiger partial charge in [0.15, 0.2) is 5.96 Å². The first kappa shape index (κ1) is 26.0. The topological polar surface area (TPSA) is 79.8 Å². The standard InChI is InChI=1S/C21H35N3O3S.HI/c1-4-22-21(24-17(2)14-15-28(3,25)26)23-16-18-10-12-20(13-11-18)27-19-8-6-5-7-9-19;/h10-13,17,19H,4-9,14-16H2,1-3H3,(H2,22,23,24);1H. The fraction of sp³-hybridized carbons (Fsp3) is 0.667. The molecule has 1 aromatic carbocycles. The molecule has 1 aliphatic rings. The molecule has 1 aliphatic carbocycles. The summed E-state index contributed by atoms with van der Waals surface area (Å²) in [5.41, 5.74) is 1.11. The Morgan fingerprint density at radius 1 is 1.21 bits per heavy atom.